The van der Waals surface area contributed by atoms with Gasteiger partial charge in [-0.3, -0.25) is 14.8 Å². The second kappa shape index (κ2) is 7.78. The molecule has 0 fully saturated rings. The summed E-state index contributed by atoms with van der Waals surface area (Å²) in [5.74, 6) is -0.189. The molecule has 0 saturated carbocycles. The van der Waals surface area contributed by atoms with Gasteiger partial charge in [0.15, 0.2) is 0 Å². The van der Waals surface area contributed by atoms with Gasteiger partial charge in [0.2, 0.25) is 5.88 Å². The first-order valence-corrected chi connectivity index (χ1v) is 8.05. The topological polar surface area (TPSA) is 106 Å². The highest BCUT2D eigenvalue weighted by molar-refractivity contribution is 5.85. The van der Waals surface area contributed by atoms with Crippen molar-refractivity contribution < 1.29 is 19.0 Å². The van der Waals surface area contributed by atoms with Crippen LogP contribution >= 0.6 is 0 Å². The van der Waals surface area contributed by atoms with Crippen molar-refractivity contribution in [2.75, 3.05) is 14.2 Å². The standard InChI is InChI=1S/C19H16FN3O5/c1-27-13-7-8-15(16(9-13)28-2)21-10-14-17(24)22-19(26)23(18(14)25)12-5-3-11(20)4-6-12/h3-10,25H,1-2H3,(H,22,24,26). The molecule has 2 N–H and O–H groups in total. The van der Waals surface area contributed by atoms with Gasteiger partial charge in [-0.2, -0.15) is 0 Å². The summed E-state index contributed by atoms with van der Waals surface area (Å²) < 4.78 is 24.3. The summed E-state index contributed by atoms with van der Waals surface area (Å²) in [6.07, 6.45) is 1.11. The molecular formula is C19H16FN3O5. The Morgan fingerprint density at radius 3 is 2.46 bits per heavy atom. The molecule has 0 spiro atoms. The lowest BCUT2D eigenvalue weighted by molar-refractivity contribution is 0.395. The average Bonchev–Trinajstić information content (AvgIpc) is 2.69. The molecule has 3 rings (SSSR count). The average molecular weight is 385 g/mol. The third-order valence-corrected chi connectivity index (χ3v) is 3.93. The highest BCUT2D eigenvalue weighted by Gasteiger charge is 2.14. The van der Waals surface area contributed by atoms with Gasteiger partial charge in [0, 0.05) is 12.3 Å². The van der Waals surface area contributed by atoms with Gasteiger partial charge in [0.25, 0.3) is 5.56 Å². The molecule has 0 aliphatic heterocycles. The Balaban J connectivity index is 2.09. The fourth-order valence-electron chi connectivity index (χ4n) is 2.51. The van der Waals surface area contributed by atoms with E-state index in [0.29, 0.717) is 17.2 Å². The molecule has 0 unspecified atom stereocenters. The fraction of sp³-hybridized carbons (Fsp3) is 0.105. The number of nitrogens with one attached hydrogen (secondary N) is 1. The van der Waals surface area contributed by atoms with Gasteiger partial charge < -0.3 is 14.6 Å². The normalized spacial score (nSPS) is 11.0. The van der Waals surface area contributed by atoms with Crippen LogP contribution in [0.5, 0.6) is 17.4 Å². The van der Waals surface area contributed by atoms with E-state index in [0.717, 1.165) is 22.9 Å². The molecule has 9 heteroatoms. The van der Waals surface area contributed by atoms with Gasteiger partial charge in [-0.1, -0.05) is 0 Å². The summed E-state index contributed by atoms with van der Waals surface area (Å²) in [5, 5.41) is 10.5. The Labute approximate surface area is 158 Å². The van der Waals surface area contributed by atoms with E-state index < -0.39 is 22.9 Å². The number of H-pyrrole nitrogens is 1. The van der Waals surface area contributed by atoms with E-state index in [9.17, 15) is 19.1 Å². The molecule has 0 atom stereocenters. The first kappa shape index (κ1) is 18.9. The molecule has 1 heterocycles. The highest BCUT2D eigenvalue weighted by Crippen LogP contribution is 2.31. The van der Waals surface area contributed by atoms with E-state index in [1.807, 2.05) is 0 Å². The minimum absolute atomic E-state index is 0.178. The second-order valence-electron chi connectivity index (χ2n) is 5.60. The van der Waals surface area contributed by atoms with Crippen molar-refractivity contribution >= 4 is 11.9 Å². The first-order valence-electron chi connectivity index (χ1n) is 8.05. The number of aliphatic imine (C=N–C) groups is 1. The summed E-state index contributed by atoms with van der Waals surface area (Å²) in [7, 11) is 2.96. The van der Waals surface area contributed by atoms with E-state index in [-0.39, 0.29) is 11.3 Å². The zero-order valence-electron chi connectivity index (χ0n) is 15.0. The maximum absolute atomic E-state index is 13.1. The molecule has 0 bridgehead atoms. The molecule has 0 radical (unpaired) electrons. The lowest BCUT2D eigenvalue weighted by Crippen LogP contribution is -2.31. The molecule has 1 aromatic heterocycles. The lowest BCUT2D eigenvalue weighted by atomic mass is 10.2. The minimum Gasteiger partial charge on any atom is -0.497 e. The molecule has 0 aliphatic rings. The Morgan fingerprint density at radius 1 is 1.11 bits per heavy atom. The number of ether oxygens (including phenoxy) is 2. The van der Waals surface area contributed by atoms with Crippen LogP contribution in [0.2, 0.25) is 0 Å². The fourth-order valence-corrected chi connectivity index (χ4v) is 2.51. The van der Waals surface area contributed by atoms with Crippen molar-refractivity contribution in [3.8, 4) is 23.1 Å². The smallest absolute Gasteiger partial charge is 0.335 e. The number of aromatic nitrogens is 2. The zero-order valence-corrected chi connectivity index (χ0v) is 15.0. The van der Waals surface area contributed by atoms with Crippen LogP contribution in [0.1, 0.15) is 5.56 Å². The Kier molecular flexibility index (Phi) is 5.25. The largest absolute Gasteiger partial charge is 0.497 e. The molecular weight excluding hydrogens is 369 g/mol. The third-order valence-electron chi connectivity index (χ3n) is 3.93. The molecule has 0 aliphatic carbocycles. The van der Waals surface area contributed by atoms with Gasteiger partial charge in [-0.05, 0) is 36.4 Å². The summed E-state index contributed by atoms with van der Waals surface area (Å²) >= 11 is 0. The van der Waals surface area contributed by atoms with E-state index in [1.165, 1.54) is 26.4 Å². The second-order valence-corrected chi connectivity index (χ2v) is 5.60. The van der Waals surface area contributed by atoms with E-state index in [1.54, 1.807) is 18.2 Å². The number of halogens is 1. The van der Waals surface area contributed by atoms with Crippen LogP contribution in [-0.4, -0.2) is 35.1 Å². The highest BCUT2D eigenvalue weighted by atomic mass is 19.1. The SMILES string of the molecule is COc1ccc(N=Cc2c(O)n(-c3ccc(F)cc3)c(=O)[nH]c2=O)c(OC)c1. The van der Waals surface area contributed by atoms with Crippen LogP contribution in [0.25, 0.3) is 5.69 Å². The maximum Gasteiger partial charge on any atom is 0.335 e. The van der Waals surface area contributed by atoms with Crippen molar-refractivity contribution in [2.24, 2.45) is 4.99 Å². The van der Waals surface area contributed by atoms with Gasteiger partial charge in [0.1, 0.15) is 28.6 Å². The zero-order chi connectivity index (χ0) is 20.3. The van der Waals surface area contributed by atoms with Gasteiger partial charge in [-0.25, -0.2) is 13.8 Å². The van der Waals surface area contributed by atoms with Crippen LogP contribution in [0, 0.1) is 5.82 Å². The van der Waals surface area contributed by atoms with Gasteiger partial charge in [0.05, 0.1) is 19.9 Å². The summed E-state index contributed by atoms with van der Waals surface area (Å²) in [6, 6.07) is 9.71. The predicted molar refractivity (Wildman–Crippen MR) is 101 cm³/mol. The molecule has 3 aromatic rings. The number of hydrogen-bond donors (Lipinski definition) is 2. The van der Waals surface area contributed by atoms with Crippen LogP contribution in [0.4, 0.5) is 10.1 Å². The predicted octanol–water partition coefficient (Wildman–Crippen LogP) is 2.14. The molecule has 0 saturated heterocycles. The third kappa shape index (κ3) is 3.63. The molecule has 0 amide bonds. The quantitative estimate of drug-likeness (QED) is 0.655. The van der Waals surface area contributed by atoms with Gasteiger partial charge in [-0.15, -0.1) is 0 Å². The summed E-state index contributed by atoms with van der Waals surface area (Å²) in [4.78, 5) is 30.5. The molecule has 28 heavy (non-hydrogen) atoms. The van der Waals surface area contributed by atoms with E-state index in [4.69, 9.17) is 9.47 Å². The molecule has 144 valence electrons. The number of benzene rings is 2. The van der Waals surface area contributed by atoms with Crippen molar-refractivity contribution in [3.05, 3.63) is 74.7 Å². The van der Waals surface area contributed by atoms with Crippen LogP contribution in [-0.2, 0) is 0 Å². The molecule has 8 nitrogen and oxygen atoms in total. The van der Waals surface area contributed by atoms with Crippen LogP contribution in [0.3, 0.4) is 0 Å². The molecule has 2 aromatic carbocycles. The van der Waals surface area contributed by atoms with Crippen molar-refractivity contribution in [2.45, 2.75) is 0 Å². The maximum atomic E-state index is 13.1. The number of nitrogens with zero attached hydrogens (tertiary/aromatic N) is 2. The van der Waals surface area contributed by atoms with Crippen molar-refractivity contribution in [3.63, 3.8) is 0 Å². The number of rotatable bonds is 5. The number of methoxy groups -OCH3 is 2. The summed E-state index contributed by atoms with van der Waals surface area (Å²) in [6.45, 7) is 0. The number of aromatic hydroxyl groups is 1. The Bertz CT molecular complexity index is 1150. The Morgan fingerprint density at radius 2 is 1.82 bits per heavy atom. The van der Waals surface area contributed by atoms with E-state index >= 15 is 0 Å². The van der Waals surface area contributed by atoms with Crippen molar-refractivity contribution in [1.29, 1.82) is 0 Å². The van der Waals surface area contributed by atoms with Gasteiger partial charge >= 0.3 is 5.69 Å². The van der Waals surface area contributed by atoms with Crippen molar-refractivity contribution in [1.82, 2.24) is 9.55 Å². The number of aromatic amines is 1. The monoisotopic (exact) mass is 385 g/mol. The Hall–Kier alpha value is -3.88. The van der Waals surface area contributed by atoms with Crippen LogP contribution in [0.15, 0.2) is 57.0 Å². The first-order chi connectivity index (χ1) is 13.4. The number of hydrogen-bond acceptors (Lipinski definition) is 6. The van der Waals surface area contributed by atoms with E-state index in [2.05, 4.69) is 9.98 Å². The summed E-state index contributed by atoms with van der Waals surface area (Å²) in [5.41, 5.74) is -1.38. The minimum atomic E-state index is -0.867. The van der Waals surface area contributed by atoms with Crippen LogP contribution < -0.4 is 20.7 Å². The lowest BCUT2D eigenvalue weighted by Gasteiger charge is -2.10.